The van der Waals surface area contributed by atoms with Gasteiger partial charge in [-0.3, -0.25) is 9.91 Å². The van der Waals surface area contributed by atoms with Crippen LogP contribution in [0.5, 0.6) is 0 Å². The SMILES string of the molecule is CCN1C(=O)N(C)c2cnc(Nc3ccc(SC(F)F)cc3)nc2N1C1CCCC1. The molecule has 2 aromatic rings. The molecule has 1 aromatic heterocycles. The van der Waals surface area contributed by atoms with Crippen molar-refractivity contribution in [1.29, 1.82) is 0 Å². The first kappa shape index (κ1) is 20.6. The molecule has 0 bridgehead atoms. The van der Waals surface area contributed by atoms with Gasteiger partial charge in [0.1, 0.15) is 5.69 Å². The molecule has 1 N–H and O–H groups in total. The molecule has 1 aliphatic heterocycles. The van der Waals surface area contributed by atoms with Crippen LogP contribution in [0.15, 0.2) is 35.4 Å². The Labute approximate surface area is 178 Å². The van der Waals surface area contributed by atoms with Crippen molar-refractivity contribution in [2.75, 3.05) is 28.8 Å². The van der Waals surface area contributed by atoms with E-state index in [2.05, 4.69) is 10.3 Å². The van der Waals surface area contributed by atoms with E-state index in [9.17, 15) is 13.6 Å². The summed E-state index contributed by atoms with van der Waals surface area (Å²) in [6.45, 7) is 2.51. The normalized spacial score (nSPS) is 17.1. The van der Waals surface area contributed by atoms with E-state index in [0.717, 1.165) is 25.7 Å². The summed E-state index contributed by atoms with van der Waals surface area (Å²) in [5.41, 5.74) is 1.37. The van der Waals surface area contributed by atoms with Crippen LogP contribution in [0.25, 0.3) is 0 Å². The van der Waals surface area contributed by atoms with Crippen molar-refractivity contribution in [3.05, 3.63) is 30.5 Å². The number of amides is 2. The zero-order valence-electron chi connectivity index (χ0n) is 16.9. The summed E-state index contributed by atoms with van der Waals surface area (Å²) in [7, 11) is 1.73. The van der Waals surface area contributed by atoms with Crippen LogP contribution in [0.3, 0.4) is 0 Å². The van der Waals surface area contributed by atoms with Gasteiger partial charge in [-0.05, 0) is 44.0 Å². The lowest BCUT2D eigenvalue weighted by atomic mass is 10.2. The van der Waals surface area contributed by atoms with Crippen molar-refractivity contribution < 1.29 is 13.6 Å². The molecule has 0 saturated heterocycles. The van der Waals surface area contributed by atoms with Crippen molar-refractivity contribution in [1.82, 2.24) is 15.0 Å². The summed E-state index contributed by atoms with van der Waals surface area (Å²) in [5, 5.41) is 6.91. The van der Waals surface area contributed by atoms with Crippen LogP contribution in [-0.4, -0.2) is 46.4 Å². The number of halogens is 2. The third kappa shape index (κ3) is 4.00. The summed E-state index contributed by atoms with van der Waals surface area (Å²) in [6, 6.07) is 6.84. The van der Waals surface area contributed by atoms with Gasteiger partial charge < -0.3 is 5.32 Å². The van der Waals surface area contributed by atoms with Crippen molar-refractivity contribution in [3.8, 4) is 0 Å². The maximum atomic E-state index is 12.9. The second-order valence-electron chi connectivity index (χ2n) is 7.27. The molecular weight excluding hydrogens is 410 g/mol. The second-order valence-corrected chi connectivity index (χ2v) is 8.33. The zero-order valence-corrected chi connectivity index (χ0v) is 17.7. The van der Waals surface area contributed by atoms with E-state index in [1.54, 1.807) is 47.4 Å². The van der Waals surface area contributed by atoms with E-state index in [4.69, 9.17) is 4.98 Å². The first-order valence-electron chi connectivity index (χ1n) is 10.0. The number of rotatable bonds is 6. The van der Waals surface area contributed by atoms with Crippen molar-refractivity contribution >= 4 is 40.9 Å². The highest BCUT2D eigenvalue weighted by atomic mass is 32.2. The molecule has 0 radical (unpaired) electrons. The van der Waals surface area contributed by atoms with Gasteiger partial charge >= 0.3 is 6.03 Å². The number of nitrogens with one attached hydrogen (secondary N) is 1. The van der Waals surface area contributed by atoms with E-state index in [1.165, 1.54) is 0 Å². The standard InChI is InChI=1S/C20H24F2N6OS/c1-3-27-20(29)26(2)16-12-23-19(25-17(16)28(27)14-6-4-5-7-14)24-13-8-10-15(11-9-13)30-18(21)22/h8-12,14,18H,3-7H2,1-2H3,(H,23,24,25). The minimum absolute atomic E-state index is 0.0895. The van der Waals surface area contributed by atoms with Gasteiger partial charge in [0.25, 0.3) is 5.76 Å². The average Bonchev–Trinajstić information content (AvgIpc) is 3.26. The molecule has 1 fully saturated rings. The Kier molecular flexibility index (Phi) is 5.94. The molecule has 2 heterocycles. The number of carbonyl (C=O) groups is 1. The molecule has 0 unspecified atom stereocenters. The lowest BCUT2D eigenvalue weighted by molar-refractivity contribution is 0.191. The maximum Gasteiger partial charge on any atom is 0.343 e. The molecule has 7 nitrogen and oxygen atoms in total. The number of urea groups is 1. The predicted octanol–water partition coefficient (Wildman–Crippen LogP) is 5.09. The Morgan fingerprint density at radius 3 is 2.57 bits per heavy atom. The van der Waals surface area contributed by atoms with Gasteiger partial charge in [-0.1, -0.05) is 24.6 Å². The largest absolute Gasteiger partial charge is 0.343 e. The van der Waals surface area contributed by atoms with Crippen LogP contribution in [0, 0.1) is 0 Å². The molecular formula is C20H24F2N6OS. The Morgan fingerprint density at radius 2 is 1.93 bits per heavy atom. The number of fused-ring (bicyclic) bond motifs is 1. The van der Waals surface area contributed by atoms with E-state index in [1.807, 2.05) is 11.9 Å². The molecule has 1 aliphatic carbocycles. The van der Waals surface area contributed by atoms with Crippen LogP contribution in [0.4, 0.5) is 36.7 Å². The zero-order chi connectivity index (χ0) is 21.3. The summed E-state index contributed by atoms with van der Waals surface area (Å²) < 4.78 is 25.0. The van der Waals surface area contributed by atoms with Crippen molar-refractivity contribution in [2.45, 2.75) is 49.3 Å². The Morgan fingerprint density at radius 1 is 1.23 bits per heavy atom. The monoisotopic (exact) mass is 434 g/mol. The number of nitrogens with zero attached hydrogens (tertiary/aromatic N) is 5. The summed E-state index contributed by atoms with van der Waals surface area (Å²) >= 11 is 0.508. The maximum absolute atomic E-state index is 12.9. The summed E-state index contributed by atoms with van der Waals surface area (Å²) in [5.74, 6) is -1.35. The third-order valence-corrected chi connectivity index (χ3v) is 6.12. The van der Waals surface area contributed by atoms with Crippen LogP contribution in [0.1, 0.15) is 32.6 Å². The molecule has 0 atom stereocenters. The summed E-state index contributed by atoms with van der Waals surface area (Å²) in [6.07, 6.45) is 5.96. The number of hydrazine groups is 1. The highest BCUT2D eigenvalue weighted by molar-refractivity contribution is 7.99. The fourth-order valence-corrected chi connectivity index (χ4v) is 4.47. The van der Waals surface area contributed by atoms with Gasteiger partial charge in [-0.2, -0.15) is 13.8 Å². The number of hydrogen-bond acceptors (Lipinski definition) is 6. The first-order chi connectivity index (χ1) is 14.5. The van der Waals surface area contributed by atoms with Gasteiger partial charge in [-0.25, -0.2) is 14.8 Å². The molecule has 0 spiro atoms. The van der Waals surface area contributed by atoms with Crippen LogP contribution in [0.2, 0.25) is 0 Å². The van der Waals surface area contributed by atoms with Gasteiger partial charge in [0.05, 0.1) is 12.2 Å². The fraction of sp³-hybridized carbons (Fsp3) is 0.450. The van der Waals surface area contributed by atoms with E-state index < -0.39 is 5.76 Å². The van der Waals surface area contributed by atoms with E-state index >= 15 is 0 Å². The Balaban J connectivity index is 1.63. The first-order valence-corrected chi connectivity index (χ1v) is 10.9. The quantitative estimate of drug-likeness (QED) is 0.639. The number of thioether (sulfide) groups is 1. The number of aromatic nitrogens is 2. The second kappa shape index (κ2) is 8.63. The lowest BCUT2D eigenvalue weighted by Crippen LogP contribution is -2.59. The van der Waals surface area contributed by atoms with Crippen LogP contribution < -0.4 is 15.2 Å². The minimum atomic E-state index is -2.45. The van der Waals surface area contributed by atoms with Crippen molar-refractivity contribution in [2.24, 2.45) is 0 Å². The Bertz CT molecular complexity index is 907. The van der Waals surface area contributed by atoms with E-state index in [-0.39, 0.29) is 12.1 Å². The average molecular weight is 435 g/mol. The molecule has 10 heteroatoms. The molecule has 2 amide bonds. The number of benzene rings is 1. The van der Waals surface area contributed by atoms with Gasteiger partial charge in [0, 0.05) is 24.2 Å². The number of hydrogen-bond donors (Lipinski definition) is 1. The summed E-state index contributed by atoms with van der Waals surface area (Å²) in [4.78, 5) is 24.0. The predicted molar refractivity (Wildman–Crippen MR) is 115 cm³/mol. The molecule has 4 rings (SSSR count). The highest BCUT2D eigenvalue weighted by Gasteiger charge is 2.39. The van der Waals surface area contributed by atoms with Crippen LogP contribution in [-0.2, 0) is 0 Å². The molecule has 2 aliphatic rings. The molecule has 30 heavy (non-hydrogen) atoms. The molecule has 1 saturated carbocycles. The van der Waals surface area contributed by atoms with Gasteiger partial charge in [-0.15, -0.1) is 0 Å². The fourth-order valence-electron chi connectivity index (χ4n) is 3.97. The number of alkyl halides is 2. The van der Waals surface area contributed by atoms with Gasteiger partial charge in [0.15, 0.2) is 5.82 Å². The molecule has 1 aromatic carbocycles. The smallest absolute Gasteiger partial charge is 0.324 e. The van der Waals surface area contributed by atoms with Crippen LogP contribution >= 0.6 is 11.8 Å². The third-order valence-electron chi connectivity index (χ3n) is 5.40. The van der Waals surface area contributed by atoms with E-state index in [0.29, 0.717) is 46.3 Å². The van der Waals surface area contributed by atoms with Gasteiger partial charge in [0.2, 0.25) is 5.95 Å². The highest BCUT2D eigenvalue weighted by Crippen LogP contribution is 2.39. The minimum Gasteiger partial charge on any atom is -0.324 e. The van der Waals surface area contributed by atoms with Crippen molar-refractivity contribution in [3.63, 3.8) is 0 Å². The topological polar surface area (TPSA) is 64.6 Å². The Hall–Kier alpha value is -2.62. The molecule has 160 valence electrons. The lowest BCUT2D eigenvalue weighted by Gasteiger charge is -2.45. The number of carbonyl (C=O) groups excluding carboxylic acids is 1. The number of anilines is 4.